The predicted molar refractivity (Wildman–Crippen MR) is 117 cm³/mol. The smallest absolute Gasteiger partial charge is 0.383 e. The summed E-state index contributed by atoms with van der Waals surface area (Å²) >= 11 is 6.08. The maximum atomic E-state index is 14.2. The van der Waals surface area contributed by atoms with Crippen LogP contribution in [-0.4, -0.2) is 27.0 Å². The van der Waals surface area contributed by atoms with Gasteiger partial charge in [0.05, 0.1) is 22.1 Å². The number of aromatic nitrogens is 3. The number of rotatable bonds is 4. The highest BCUT2D eigenvalue weighted by molar-refractivity contribution is 6.33. The van der Waals surface area contributed by atoms with Gasteiger partial charge in [0.1, 0.15) is 29.0 Å². The van der Waals surface area contributed by atoms with Crippen molar-refractivity contribution < 1.29 is 22.4 Å². The molecule has 0 saturated carbocycles. The summed E-state index contributed by atoms with van der Waals surface area (Å²) in [4.78, 5) is 23.6. The number of amides is 1. The van der Waals surface area contributed by atoms with Crippen molar-refractivity contribution in [3.63, 3.8) is 0 Å². The van der Waals surface area contributed by atoms with E-state index in [0.717, 1.165) is 12.2 Å². The number of carbonyl (C=O) groups is 1. The molecule has 11 heteroatoms. The molecule has 2 aromatic heterocycles. The monoisotopic (exact) mass is 477 g/mol. The Bertz CT molecular complexity index is 1240. The van der Waals surface area contributed by atoms with E-state index in [4.69, 9.17) is 17.3 Å². The number of hydrogen-bond acceptors (Lipinski definition) is 4. The van der Waals surface area contributed by atoms with Gasteiger partial charge in [-0.1, -0.05) is 35.9 Å². The number of anilines is 2. The first-order chi connectivity index (χ1) is 15.6. The fourth-order valence-electron chi connectivity index (χ4n) is 3.30. The molecule has 0 bridgehead atoms. The molecule has 0 spiro atoms. The van der Waals surface area contributed by atoms with Crippen LogP contribution in [0.25, 0.3) is 22.6 Å². The number of aromatic amines is 1. The van der Waals surface area contributed by atoms with E-state index in [2.05, 4.69) is 20.3 Å². The van der Waals surface area contributed by atoms with Gasteiger partial charge in [-0.25, -0.2) is 14.4 Å². The van der Waals surface area contributed by atoms with Crippen LogP contribution < -0.4 is 11.1 Å². The van der Waals surface area contributed by atoms with E-state index >= 15 is 0 Å². The zero-order valence-corrected chi connectivity index (χ0v) is 17.5. The molecule has 0 fully saturated rings. The molecule has 3 aromatic rings. The van der Waals surface area contributed by atoms with E-state index < -0.39 is 29.4 Å². The van der Waals surface area contributed by atoms with Gasteiger partial charge in [0.15, 0.2) is 0 Å². The van der Waals surface area contributed by atoms with Crippen LogP contribution in [0.2, 0.25) is 5.02 Å². The number of alkyl halides is 3. The standard InChI is InChI=1S/C22H16ClF4N5O/c23-14-2-1-3-15(24)17(14)20-31-18(19(28)32-20)12-6-9-16(29-10-12)30-21(33)11-4-7-13(8-5-11)22(25,26)27/h1-4,6-11H,5,28H2,(H,31,32)(H,29,30,33). The molecule has 33 heavy (non-hydrogen) atoms. The van der Waals surface area contributed by atoms with E-state index in [0.29, 0.717) is 11.3 Å². The van der Waals surface area contributed by atoms with Crippen LogP contribution in [0.5, 0.6) is 0 Å². The molecule has 1 atom stereocenters. The summed E-state index contributed by atoms with van der Waals surface area (Å²) in [7, 11) is 0. The first kappa shape index (κ1) is 22.5. The lowest BCUT2D eigenvalue weighted by atomic mass is 9.95. The average Bonchev–Trinajstić information content (AvgIpc) is 3.14. The number of nitrogens with one attached hydrogen (secondary N) is 2. The minimum Gasteiger partial charge on any atom is -0.383 e. The van der Waals surface area contributed by atoms with E-state index in [1.165, 1.54) is 36.5 Å². The Hall–Kier alpha value is -3.66. The number of allylic oxidation sites excluding steroid dienone is 3. The number of halogens is 5. The topological polar surface area (TPSA) is 96.7 Å². The molecule has 170 valence electrons. The summed E-state index contributed by atoms with van der Waals surface area (Å²) in [6.07, 6.45) is -0.00842. The highest BCUT2D eigenvalue weighted by Crippen LogP contribution is 2.33. The van der Waals surface area contributed by atoms with Gasteiger partial charge in [0, 0.05) is 11.8 Å². The van der Waals surface area contributed by atoms with Crippen LogP contribution in [-0.2, 0) is 4.79 Å². The average molecular weight is 478 g/mol. The number of hydrogen-bond donors (Lipinski definition) is 3. The molecule has 2 heterocycles. The zero-order valence-electron chi connectivity index (χ0n) is 16.8. The van der Waals surface area contributed by atoms with E-state index in [1.807, 2.05) is 0 Å². The highest BCUT2D eigenvalue weighted by atomic mass is 35.5. The summed E-state index contributed by atoms with van der Waals surface area (Å²) in [6, 6.07) is 7.35. The number of benzene rings is 1. The molecule has 0 aliphatic heterocycles. The molecule has 1 aliphatic rings. The SMILES string of the molecule is Nc1[nH]c(-c2c(F)cccc2Cl)nc1-c1ccc(NC(=O)C2C=CC(C(F)(F)F)=CC2)nc1. The second kappa shape index (κ2) is 8.70. The van der Waals surface area contributed by atoms with Crippen LogP contribution in [0.4, 0.5) is 29.2 Å². The largest absolute Gasteiger partial charge is 0.416 e. The van der Waals surface area contributed by atoms with Gasteiger partial charge < -0.3 is 16.0 Å². The van der Waals surface area contributed by atoms with Crippen molar-refractivity contribution in [2.24, 2.45) is 5.92 Å². The number of nitrogen functional groups attached to an aromatic ring is 1. The van der Waals surface area contributed by atoms with Crippen molar-refractivity contribution in [2.75, 3.05) is 11.1 Å². The lowest BCUT2D eigenvalue weighted by Crippen LogP contribution is -2.24. The van der Waals surface area contributed by atoms with E-state index in [-0.39, 0.29) is 34.5 Å². The maximum absolute atomic E-state index is 14.2. The molecule has 4 rings (SSSR count). The molecular formula is C22H16ClF4N5O. The first-order valence-electron chi connectivity index (χ1n) is 9.66. The molecule has 1 unspecified atom stereocenters. The number of nitrogens with two attached hydrogens (primary N) is 1. The van der Waals surface area contributed by atoms with Crippen LogP contribution >= 0.6 is 11.6 Å². The Morgan fingerprint density at radius 2 is 2.03 bits per heavy atom. The molecular weight excluding hydrogens is 462 g/mol. The molecule has 1 amide bonds. The summed E-state index contributed by atoms with van der Waals surface area (Å²) in [5.74, 6) is -1.27. The highest BCUT2D eigenvalue weighted by Gasteiger charge is 2.33. The van der Waals surface area contributed by atoms with E-state index in [9.17, 15) is 22.4 Å². The second-order valence-electron chi connectivity index (χ2n) is 7.22. The van der Waals surface area contributed by atoms with Crippen molar-refractivity contribution >= 4 is 29.1 Å². The molecule has 4 N–H and O–H groups in total. The van der Waals surface area contributed by atoms with Crippen molar-refractivity contribution in [3.8, 4) is 22.6 Å². The van der Waals surface area contributed by atoms with Gasteiger partial charge >= 0.3 is 6.18 Å². The lowest BCUT2D eigenvalue weighted by Gasteiger charge is -2.17. The number of nitrogens with zero attached hydrogens (tertiary/aromatic N) is 2. The van der Waals surface area contributed by atoms with Crippen molar-refractivity contribution in [3.05, 3.63) is 71.2 Å². The van der Waals surface area contributed by atoms with Crippen LogP contribution in [0, 0.1) is 11.7 Å². The molecule has 1 aromatic carbocycles. The summed E-state index contributed by atoms with van der Waals surface area (Å²) in [5.41, 5.74) is 6.11. The normalized spacial score (nSPS) is 15.9. The fourth-order valence-corrected chi connectivity index (χ4v) is 3.55. The lowest BCUT2D eigenvalue weighted by molar-refractivity contribution is -0.118. The Balaban J connectivity index is 1.47. The second-order valence-corrected chi connectivity index (χ2v) is 7.63. The molecule has 1 aliphatic carbocycles. The van der Waals surface area contributed by atoms with Crippen LogP contribution in [0.3, 0.4) is 0 Å². The van der Waals surface area contributed by atoms with Crippen LogP contribution in [0.15, 0.2) is 60.3 Å². The van der Waals surface area contributed by atoms with Gasteiger partial charge in [0.25, 0.3) is 0 Å². The van der Waals surface area contributed by atoms with Gasteiger partial charge in [-0.3, -0.25) is 4.79 Å². The maximum Gasteiger partial charge on any atom is 0.416 e. The Labute approximate surface area is 190 Å². The summed E-state index contributed by atoms with van der Waals surface area (Å²) < 4.78 is 52.3. The minimum absolute atomic E-state index is 0.0690. The fraction of sp³-hybridized carbons (Fsp3) is 0.136. The van der Waals surface area contributed by atoms with Gasteiger partial charge in [0.2, 0.25) is 5.91 Å². The minimum atomic E-state index is -4.44. The van der Waals surface area contributed by atoms with Gasteiger partial charge in [-0.2, -0.15) is 13.2 Å². The Morgan fingerprint density at radius 1 is 1.24 bits per heavy atom. The molecule has 6 nitrogen and oxygen atoms in total. The number of carbonyl (C=O) groups excluding carboxylic acids is 1. The molecule has 0 saturated heterocycles. The Morgan fingerprint density at radius 3 is 2.64 bits per heavy atom. The third-order valence-corrected chi connectivity index (χ3v) is 5.30. The van der Waals surface area contributed by atoms with Crippen molar-refractivity contribution in [1.82, 2.24) is 15.0 Å². The number of imidazole rings is 1. The van der Waals surface area contributed by atoms with E-state index in [1.54, 1.807) is 6.07 Å². The zero-order chi connectivity index (χ0) is 23.8. The quantitative estimate of drug-likeness (QED) is 0.431. The van der Waals surface area contributed by atoms with Crippen LogP contribution in [0.1, 0.15) is 6.42 Å². The summed E-state index contributed by atoms with van der Waals surface area (Å²) in [6.45, 7) is 0. The third-order valence-electron chi connectivity index (χ3n) is 4.98. The molecule has 0 radical (unpaired) electrons. The number of H-pyrrole nitrogens is 1. The third kappa shape index (κ3) is 4.75. The Kier molecular flexibility index (Phi) is 5.94. The van der Waals surface area contributed by atoms with Crippen molar-refractivity contribution in [2.45, 2.75) is 12.6 Å². The van der Waals surface area contributed by atoms with Crippen molar-refractivity contribution in [1.29, 1.82) is 0 Å². The van der Waals surface area contributed by atoms with Gasteiger partial charge in [-0.15, -0.1) is 0 Å². The first-order valence-corrected chi connectivity index (χ1v) is 10.0. The van der Waals surface area contributed by atoms with Gasteiger partial charge in [-0.05, 0) is 30.7 Å². The number of pyridine rings is 1. The summed E-state index contributed by atoms with van der Waals surface area (Å²) in [5, 5.41) is 2.73. The predicted octanol–water partition coefficient (Wildman–Crippen LogP) is 5.52.